The number of aryl methyl sites for hydroxylation is 2. The molecule has 21 heavy (non-hydrogen) atoms. The number of benzene rings is 2. The van der Waals surface area contributed by atoms with Gasteiger partial charge in [-0.05, 0) is 43.2 Å². The fourth-order valence-corrected chi connectivity index (χ4v) is 2.74. The van der Waals surface area contributed by atoms with Crippen molar-refractivity contribution in [3.63, 3.8) is 0 Å². The fraction of sp³-hybridized carbons (Fsp3) is 0.133. The number of rotatable bonds is 4. The molecule has 0 saturated carbocycles. The van der Waals surface area contributed by atoms with Gasteiger partial charge in [0.05, 0.1) is 11.1 Å². The lowest BCUT2D eigenvalue weighted by atomic mass is 10.1. The molecule has 0 aliphatic carbocycles. The molecule has 2 aromatic rings. The van der Waals surface area contributed by atoms with Crippen LogP contribution < -0.4 is 4.83 Å². The summed E-state index contributed by atoms with van der Waals surface area (Å²) in [6, 6.07) is 12.0. The van der Waals surface area contributed by atoms with E-state index in [1.165, 1.54) is 6.21 Å². The van der Waals surface area contributed by atoms with Crippen LogP contribution in [0.3, 0.4) is 0 Å². The van der Waals surface area contributed by atoms with Crippen molar-refractivity contribution < 1.29 is 8.42 Å². The zero-order valence-corrected chi connectivity index (χ0v) is 13.2. The third-order valence-electron chi connectivity index (χ3n) is 3.07. The lowest BCUT2D eigenvalue weighted by Crippen LogP contribution is -2.18. The predicted octanol–water partition coefficient (Wildman–Crippen LogP) is 3.27. The molecule has 0 heterocycles. The van der Waals surface area contributed by atoms with Crippen LogP contribution in [0.4, 0.5) is 0 Å². The lowest BCUT2D eigenvalue weighted by Gasteiger charge is -2.06. The molecule has 4 nitrogen and oxygen atoms in total. The second-order valence-electron chi connectivity index (χ2n) is 4.62. The number of halogens is 1. The summed E-state index contributed by atoms with van der Waals surface area (Å²) in [5.41, 5.74) is 2.59. The average Bonchev–Trinajstić information content (AvgIpc) is 2.44. The molecular weight excluding hydrogens is 308 g/mol. The van der Waals surface area contributed by atoms with E-state index < -0.39 is 10.0 Å². The van der Waals surface area contributed by atoms with Crippen LogP contribution in [0.1, 0.15) is 16.7 Å². The van der Waals surface area contributed by atoms with Crippen molar-refractivity contribution in [2.24, 2.45) is 5.10 Å². The largest absolute Gasteiger partial charge is 0.276 e. The first-order chi connectivity index (χ1) is 9.90. The summed E-state index contributed by atoms with van der Waals surface area (Å²) in [7, 11) is -3.67. The first kappa shape index (κ1) is 15.5. The zero-order chi connectivity index (χ0) is 15.5. The molecule has 6 heteroatoms. The maximum absolute atomic E-state index is 12.1. The number of hydrogen-bond donors (Lipinski definition) is 1. The molecule has 0 aromatic heterocycles. The van der Waals surface area contributed by atoms with E-state index in [1.54, 1.807) is 42.5 Å². The molecule has 0 saturated heterocycles. The van der Waals surface area contributed by atoms with Crippen LogP contribution in [0, 0.1) is 13.8 Å². The van der Waals surface area contributed by atoms with Crippen LogP contribution in [0.2, 0.25) is 5.02 Å². The SMILES string of the molecule is Cc1ccc(S(=O)(=O)N/N=C/c2ccccc2Cl)cc1C. The van der Waals surface area contributed by atoms with E-state index in [0.29, 0.717) is 10.6 Å². The van der Waals surface area contributed by atoms with Gasteiger partial charge in [-0.25, -0.2) is 4.83 Å². The van der Waals surface area contributed by atoms with Crippen molar-refractivity contribution in [1.29, 1.82) is 0 Å². The molecule has 110 valence electrons. The number of hydrogen-bond acceptors (Lipinski definition) is 3. The minimum absolute atomic E-state index is 0.182. The molecule has 0 radical (unpaired) electrons. The Morgan fingerprint density at radius 1 is 1.10 bits per heavy atom. The maximum atomic E-state index is 12.1. The van der Waals surface area contributed by atoms with Gasteiger partial charge < -0.3 is 0 Å². The molecule has 1 N–H and O–H groups in total. The molecule has 0 aliphatic heterocycles. The summed E-state index contributed by atoms with van der Waals surface area (Å²) in [5, 5.41) is 4.26. The fourth-order valence-electron chi connectivity index (χ4n) is 1.68. The van der Waals surface area contributed by atoms with Gasteiger partial charge >= 0.3 is 0 Å². The molecule has 0 amide bonds. The Bertz CT molecular complexity index is 786. The number of sulfonamides is 1. The van der Waals surface area contributed by atoms with Gasteiger partial charge in [-0.15, -0.1) is 0 Å². The van der Waals surface area contributed by atoms with Gasteiger partial charge in [-0.1, -0.05) is 35.9 Å². The van der Waals surface area contributed by atoms with E-state index in [2.05, 4.69) is 9.93 Å². The summed E-state index contributed by atoms with van der Waals surface area (Å²) < 4.78 is 24.2. The van der Waals surface area contributed by atoms with E-state index >= 15 is 0 Å². The molecule has 0 spiro atoms. The predicted molar refractivity (Wildman–Crippen MR) is 85.3 cm³/mol. The van der Waals surface area contributed by atoms with Crippen molar-refractivity contribution >= 4 is 27.8 Å². The summed E-state index contributed by atoms with van der Waals surface area (Å²) in [6.07, 6.45) is 1.38. The van der Waals surface area contributed by atoms with E-state index in [0.717, 1.165) is 11.1 Å². The standard InChI is InChI=1S/C15H15ClN2O2S/c1-11-7-8-14(9-12(11)2)21(19,20)18-17-10-13-5-3-4-6-15(13)16/h3-10,18H,1-2H3/b17-10+. The Morgan fingerprint density at radius 2 is 1.81 bits per heavy atom. The Balaban J connectivity index is 2.18. The molecule has 0 aliphatic rings. The first-order valence-corrected chi connectivity index (χ1v) is 8.13. The van der Waals surface area contributed by atoms with Crippen molar-refractivity contribution in [3.05, 3.63) is 64.2 Å². The van der Waals surface area contributed by atoms with Gasteiger partial charge in [0.1, 0.15) is 0 Å². The monoisotopic (exact) mass is 322 g/mol. The topological polar surface area (TPSA) is 58.5 Å². The quantitative estimate of drug-likeness (QED) is 0.693. The molecule has 0 fully saturated rings. The second-order valence-corrected chi connectivity index (χ2v) is 6.69. The summed E-state index contributed by atoms with van der Waals surface area (Å²) in [4.78, 5) is 2.36. The van der Waals surface area contributed by atoms with Gasteiger partial charge in [-0.2, -0.15) is 13.5 Å². The van der Waals surface area contributed by atoms with Crippen molar-refractivity contribution in [1.82, 2.24) is 4.83 Å². The van der Waals surface area contributed by atoms with Gasteiger partial charge in [0.2, 0.25) is 0 Å². The van der Waals surface area contributed by atoms with E-state index in [4.69, 9.17) is 11.6 Å². The van der Waals surface area contributed by atoms with Crippen LogP contribution in [-0.2, 0) is 10.0 Å². The molecule has 2 rings (SSSR count). The van der Waals surface area contributed by atoms with Crippen molar-refractivity contribution in [3.8, 4) is 0 Å². The summed E-state index contributed by atoms with van der Waals surface area (Å²) in [5.74, 6) is 0. The highest BCUT2D eigenvalue weighted by Gasteiger charge is 2.13. The van der Waals surface area contributed by atoms with Crippen LogP contribution in [0.25, 0.3) is 0 Å². The van der Waals surface area contributed by atoms with Crippen molar-refractivity contribution in [2.75, 3.05) is 0 Å². The van der Waals surface area contributed by atoms with Gasteiger partial charge in [0.15, 0.2) is 0 Å². The van der Waals surface area contributed by atoms with Crippen LogP contribution in [-0.4, -0.2) is 14.6 Å². The summed E-state index contributed by atoms with van der Waals surface area (Å²) >= 11 is 5.96. The maximum Gasteiger partial charge on any atom is 0.276 e. The highest BCUT2D eigenvalue weighted by atomic mass is 35.5. The molecule has 0 unspecified atom stereocenters. The van der Waals surface area contributed by atoms with Gasteiger partial charge in [0.25, 0.3) is 10.0 Å². The highest BCUT2D eigenvalue weighted by Crippen LogP contribution is 2.15. The minimum Gasteiger partial charge on any atom is -0.200 e. The van der Waals surface area contributed by atoms with E-state index in [1.807, 2.05) is 13.8 Å². The van der Waals surface area contributed by atoms with Crippen LogP contribution >= 0.6 is 11.6 Å². The van der Waals surface area contributed by atoms with Crippen LogP contribution in [0.15, 0.2) is 52.5 Å². The summed E-state index contributed by atoms with van der Waals surface area (Å²) in [6.45, 7) is 3.79. The minimum atomic E-state index is -3.67. The van der Waals surface area contributed by atoms with Gasteiger partial charge in [0, 0.05) is 10.6 Å². The molecule has 0 bridgehead atoms. The normalized spacial score (nSPS) is 11.8. The second kappa shape index (κ2) is 6.28. The first-order valence-electron chi connectivity index (χ1n) is 6.27. The third-order valence-corrected chi connectivity index (χ3v) is 4.63. The average molecular weight is 323 g/mol. The number of hydrazone groups is 1. The Hall–Kier alpha value is -1.85. The van der Waals surface area contributed by atoms with E-state index in [-0.39, 0.29) is 4.90 Å². The van der Waals surface area contributed by atoms with Gasteiger partial charge in [-0.3, -0.25) is 0 Å². The Morgan fingerprint density at radius 3 is 2.48 bits per heavy atom. The Kier molecular flexibility index (Phi) is 4.65. The highest BCUT2D eigenvalue weighted by molar-refractivity contribution is 7.89. The molecular formula is C15H15ClN2O2S. The lowest BCUT2D eigenvalue weighted by molar-refractivity contribution is 0.584. The number of nitrogens with zero attached hydrogens (tertiary/aromatic N) is 1. The van der Waals surface area contributed by atoms with E-state index in [9.17, 15) is 8.42 Å². The molecule has 0 atom stereocenters. The Labute approximate surface area is 129 Å². The van der Waals surface area contributed by atoms with Crippen LogP contribution in [0.5, 0.6) is 0 Å². The third kappa shape index (κ3) is 3.83. The smallest absolute Gasteiger partial charge is 0.200 e. The van der Waals surface area contributed by atoms with Crippen molar-refractivity contribution in [2.45, 2.75) is 18.7 Å². The number of nitrogens with one attached hydrogen (secondary N) is 1. The zero-order valence-electron chi connectivity index (χ0n) is 11.7. The molecule has 2 aromatic carbocycles.